The molecule has 2 aromatic rings. The van der Waals surface area contributed by atoms with E-state index in [1.165, 1.54) is 5.56 Å². The van der Waals surface area contributed by atoms with Crippen LogP contribution in [0.3, 0.4) is 0 Å². The molecule has 0 aromatic heterocycles. The molecule has 2 amide bonds. The molecule has 2 aromatic carbocycles. The molecular weight excluding hydrogens is 486 g/mol. The third-order valence-corrected chi connectivity index (χ3v) is 8.22. The predicted molar refractivity (Wildman–Crippen MR) is 157 cm³/mol. The van der Waals surface area contributed by atoms with Crippen molar-refractivity contribution in [1.29, 1.82) is 0 Å². The summed E-state index contributed by atoms with van der Waals surface area (Å²) >= 11 is 0. The van der Waals surface area contributed by atoms with Crippen molar-refractivity contribution in [3.05, 3.63) is 84.0 Å². The Hall–Kier alpha value is -3.38. The number of morpholine rings is 1. The van der Waals surface area contributed by atoms with E-state index in [2.05, 4.69) is 61.3 Å². The fourth-order valence-corrected chi connectivity index (χ4v) is 6.11. The monoisotopic (exact) mass is 527 g/mol. The molecule has 0 spiro atoms. The Kier molecular flexibility index (Phi) is 8.22. The summed E-state index contributed by atoms with van der Waals surface area (Å²) in [7, 11) is 0. The third kappa shape index (κ3) is 6.11. The maximum absolute atomic E-state index is 14.3. The molecule has 0 saturated carbocycles. The van der Waals surface area contributed by atoms with E-state index in [1.807, 2.05) is 47.4 Å². The Morgan fingerprint density at radius 1 is 0.974 bits per heavy atom. The second kappa shape index (κ2) is 11.8. The molecule has 1 aliphatic carbocycles. The van der Waals surface area contributed by atoms with Gasteiger partial charge in [0.05, 0.1) is 30.7 Å². The van der Waals surface area contributed by atoms with Crippen molar-refractivity contribution in [1.82, 2.24) is 4.90 Å². The van der Waals surface area contributed by atoms with Gasteiger partial charge < -0.3 is 19.9 Å². The van der Waals surface area contributed by atoms with E-state index < -0.39 is 0 Å². The molecular formula is C33H41N3O3. The number of para-hydroxylation sites is 1. The van der Waals surface area contributed by atoms with Gasteiger partial charge in [-0.1, -0.05) is 69.3 Å². The molecule has 206 valence electrons. The molecule has 3 aliphatic rings. The summed E-state index contributed by atoms with van der Waals surface area (Å²) < 4.78 is 5.55. The molecule has 39 heavy (non-hydrogen) atoms. The zero-order valence-electron chi connectivity index (χ0n) is 23.4. The van der Waals surface area contributed by atoms with Gasteiger partial charge in [0.25, 0.3) is 5.91 Å². The standard InChI is InChI=1S/C33H41N3O3/c1-33(2,3)25-13-9-14-26(23-25)34-31(37)28-16-10-18-36(30(28)24-11-5-4-6-12-24)32(38)27-15-7-8-17-29(27)35-19-21-39-22-20-35/h4-9,11,13-15,17,23-24,28,30H,10,12,16,18-22H2,1-3H3,(H,34,37)/t24?,28?,30-/m0/s1. The van der Waals surface area contributed by atoms with E-state index in [-0.39, 0.29) is 35.1 Å². The average Bonchev–Trinajstić information content (AvgIpc) is 2.97. The number of benzene rings is 2. The zero-order chi connectivity index (χ0) is 27.4. The Labute approximate surface area is 232 Å². The molecule has 6 heteroatoms. The molecule has 5 rings (SSSR count). The Morgan fingerprint density at radius 3 is 2.51 bits per heavy atom. The molecule has 0 bridgehead atoms. The first kappa shape index (κ1) is 27.2. The number of likely N-dealkylation sites (tertiary alicyclic amines) is 1. The van der Waals surface area contributed by atoms with Crippen LogP contribution in [0.5, 0.6) is 0 Å². The topological polar surface area (TPSA) is 61.9 Å². The van der Waals surface area contributed by atoms with Gasteiger partial charge in [0, 0.05) is 36.9 Å². The van der Waals surface area contributed by atoms with Crippen LogP contribution in [0, 0.1) is 11.8 Å². The molecule has 2 aliphatic heterocycles. The molecule has 2 unspecified atom stereocenters. The lowest BCUT2D eigenvalue weighted by Crippen LogP contribution is -2.55. The first-order valence-electron chi connectivity index (χ1n) is 14.3. The van der Waals surface area contributed by atoms with Crippen LogP contribution in [0.1, 0.15) is 56.0 Å². The molecule has 6 nitrogen and oxygen atoms in total. The van der Waals surface area contributed by atoms with E-state index in [0.29, 0.717) is 25.3 Å². The summed E-state index contributed by atoms with van der Waals surface area (Å²) in [6.45, 7) is 10.0. The zero-order valence-corrected chi connectivity index (χ0v) is 23.4. The number of carbonyl (C=O) groups excluding carboxylic acids is 2. The maximum Gasteiger partial charge on any atom is 0.256 e. The minimum Gasteiger partial charge on any atom is -0.378 e. The van der Waals surface area contributed by atoms with Crippen LogP contribution in [-0.2, 0) is 14.9 Å². The Balaban J connectivity index is 1.44. The van der Waals surface area contributed by atoms with Crippen LogP contribution in [-0.4, -0.2) is 55.6 Å². The Morgan fingerprint density at radius 2 is 1.77 bits per heavy atom. The normalized spacial score (nSPS) is 23.5. The number of nitrogens with zero attached hydrogens (tertiary/aromatic N) is 2. The highest BCUT2D eigenvalue weighted by Crippen LogP contribution is 2.36. The van der Waals surface area contributed by atoms with Gasteiger partial charge in [-0.05, 0) is 54.5 Å². The van der Waals surface area contributed by atoms with Gasteiger partial charge in [-0.15, -0.1) is 0 Å². The fraction of sp³-hybridized carbons (Fsp3) is 0.455. The lowest BCUT2D eigenvalue weighted by Gasteiger charge is -2.44. The second-order valence-corrected chi connectivity index (χ2v) is 11.9. The van der Waals surface area contributed by atoms with Crippen LogP contribution in [0.15, 0.2) is 72.8 Å². The smallest absolute Gasteiger partial charge is 0.256 e. The van der Waals surface area contributed by atoms with Crippen LogP contribution in [0.25, 0.3) is 0 Å². The van der Waals surface area contributed by atoms with Gasteiger partial charge in [0.2, 0.25) is 5.91 Å². The van der Waals surface area contributed by atoms with Crippen molar-refractivity contribution in [2.75, 3.05) is 43.1 Å². The van der Waals surface area contributed by atoms with Gasteiger partial charge in [-0.3, -0.25) is 9.59 Å². The van der Waals surface area contributed by atoms with Gasteiger partial charge in [0.15, 0.2) is 0 Å². The van der Waals surface area contributed by atoms with E-state index in [4.69, 9.17) is 4.74 Å². The number of piperidine rings is 1. The van der Waals surface area contributed by atoms with Gasteiger partial charge in [0.1, 0.15) is 0 Å². The van der Waals surface area contributed by atoms with Crippen molar-refractivity contribution >= 4 is 23.2 Å². The number of hydrogen-bond donors (Lipinski definition) is 1. The highest BCUT2D eigenvalue weighted by Gasteiger charge is 2.42. The predicted octanol–water partition coefficient (Wildman–Crippen LogP) is 5.81. The largest absolute Gasteiger partial charge is 0.378 e. The summed E-state index contributed by atoms with van der Waals surface area (Å²) in [5, 5.41) is 3.21. The second-order valence-electron chi connectivity index (χ2n) is 11.9. The van der Waals surface area contributed by atoms with E-state index in [1.54, 1.807) is 0 Å². The number of rotatable bonds is 5. The molecule has 2 heterocycles. The average molecular weight is 528 g/mol. The van der Waals surface area contributed by atoms with Crippen molar-refractivity contribution < 1.29 is 14.3 Å². The van der Waals surface area contributed by atoms with Crippen molar-refractivity contribution in [3.63, 3.8) is 0 Å². The van der Waals surface area contributed by atoms with Gasteiger partial charge in [-0.2, -0.15) is 0 Å². The fourth-order valence-electron chi connectivity index (χ4n) is 6.11. The number of anilines is 2. The third-order valence-electron chi connectivity index (χ3n) is 8.22. The lowest BCUT2D eigenvalue weighted by atomic mass is 9.77. The summed E-state index contributed by atoms with van der Waals surface area (Å²) in [4.78, 5) is 32.4. The number of nitrogens with one attached hydrogen (secondary N) is 1. The van der Waals surface area contributed by atoms with E-state index in [9.17, 15) is 9.59 Å². The summed E-state index contributed by atoms with van der Waals surface area (Å²) in [6.07, 6.45) is 10.8. The van der Waals surface area contributed by atoms with Crippen molar-refractivity contribution in [2.24, 2.45) is 11.8 Å². The SMILES string of the molecule is CC(C)(C)c1cccc(NC(=O)C2CCCN(C(=O)c3ccccc3N3CCOCC3)[C@H]2C2C=CC=CC2)c1. The number of ether oxygens (including phenoxy) is 1. The van der Waals surface area contributed by atoms with Gasteiger partial charge >= 0.3 is 0 Å². The van der Waals surface area contributed by atoms with Crippen LogP contribution in [0.2, 0.25) is 0 Å². The highest BCUT2D eigenvalue weighted by atomic mass is 16.5. The lowest BCUT2D eigenvalue weighted by molar-refractivity contribution is -0.123. The number of hydrogen-bond acceptors (Lipinski definition) is 4. The molecule has 1 N–H and O–H groups in total. The van der Waals surface area contributed by atoms with Crippen molar-refractivity contribution in [2.45, 2.75) is 51.5 Å². The first-order chi connectivity index (χ1) is 18.8. The van der Waals surface area contributed by atoms with Crippen LogP contribution in [0.4, 0.5) is 11.4 Å². The van der Waals surface area contributed by atoms with Crippen LogP contribution < -0.4 is 10.2 Å². The van der Waals surface area contributed by atoms with Gasteiger partial charge in [-0.25, -0.2) is 0 Å². The first-order valence-corrected chi connectivity index (χ1v) is 14.3. The molecule has 3 atom stereocenters. The van der Waals surface area contributed by atoms with Crippen LogP contribution >= 0.6 is 0 Å². The summed E-state index contributed by atoms with van der Waals surface area (Å²) in [5.74, 6) is -0.200. The maximum atomic E-state index is 14.3. The minimum atomic E-state index is -0.294. The molecule has 2 fully saturated rings. The van der Waals surface area contributed by atoms with E-state index in [0.717, 1.165) is 43.7 Å². The minimum absolute atomic E-state index is 0.00650. The van der Waals surface area contributed by atoms with Crippen molar-refractivity contribution in [3.8, 4) is 0 Å². The highest BCUT2D eigenvalue weighted by molar-refractivity contribution is 6.01. The number of amides is 2. The number of allylic oxidation sites excluding steroid dienone is 3. The number of carbonyl (C=O) groups is 2. The Bertz CT molecular complexity index is 1240. The summed E-state index contributed by atoms with van der Waals surface area (Å²) in [5.41, 5.74) is 3.64. The molecule has 0 radical (unpaired) electrons. The van der Waals surface area contributed by atoms with E-state index >= 15 is 0 Å². The quantitative estimate of drug-likeness (QED) is 0.533. The summed E-state index contributed by atoms with van der Waals surface area (Å²) in [6, 6.07) is 15.8. The molecule has 2 saturated heterocycles.